The van der Waals surface area contributed by atoms with Crippen molar-refractivity contribution in [3.63, 3.8) is 0 Å². The van der Waals surface area contributed by atoms with Gasteiger partial charge in [-0.05, 0) is 30.5 Å². The van der Waals surface area contributed by atoms with Crippen LogP contribution in [0.5, 0.6) is 5.75 Å². The number of phenols is 1. The highest BCUT2D eigenvalue weighted by Gasteiger charge is 2.01. The number of aryl methyl sites for hydroxylation is 1. The van der Waals surface area contributed by atoms with Gasteiger partial charge in [0.2, 0.25) is 0 Å². The van der Waals surface area contributed by atoms with Crippen molar-refractivity contribution >= 4 is 12.2 Å². The van der Waals surface area contributed by atoms with Crippen molar-refractivity contribution in [1.29, 1.82) is 0 Å². The smallest absolute Gasteiger partial charge is 0.407 e. The highest BCUT2D eigenvalue weighted by atomic mass is 16.5. The molecule has 0 aliphatic heterocycles. The Kier molecular flexibility index (Phi) is 6.24. The molecule has 0 aliphatic carbocycles. The lowest BCUT2D eigenvalue weighted by atomic mass is 10.1. The molecule has 0 saturated heterocycles. The van der Waals surface area contributed by atoms with Gasteiger partial charge < -0.3 is 15.2 Å². The Bertz CT molecular complexity index is 666. The monoisotopic (exact) mass is 311 g/mol. The summed E-state index contributed by atoms with van der Waals surface area (Å²) in [4.78, 5) is 11.5. The van der Waals surface area contributed by atoms with Gasteiger partial charge in [0, 0.05) is 12.1 Å². The SMILES string of the molecule is Cc1ccc(C=CCCNC(=O)OCc2ccccc2)c(O)c1. The van der Waals surface area contributed by atoms with Crippen molar-refractivity contribution in [2.24, 2.45) is 0 Å². The zero-order chi connectivity index (χ0) is 16.5. The van der Waals surface area contributed by atoms with Gasteiger partial charge in [-0.2, -0.15) is 0 Å². The van der Waals surface area contributed by atoms with Gasteiger partial charge in [-0.15, -0.1) is 0 Å². The number of amides is 1. The lowest BCUT2D eigenvalue weighted by molar-refractivity contribution is 0.140. The molecular formula is C19H21NO3. The Hall–Kier alpha value is -2.75. The van der Waals surface area contributed by atoms with E-state index in [0.717, 1.165) is 16.7 Å². The first-order chi connectivity index (χ1) is 11.1. The summed E-state index contributed by atoms with van der Waals surface area (Å²) < 4.78 is 5.11. The average Bonchev–Trinajstić information content (AvgIpc) is 2.55. The van der Waals surface area contributed by atoms with E-state index in [9.17, 15) is 9.90 Å². The lowest BCUT2D eigenvalue weighted by Crippen LogP contribution is -2.24. The Balaban J connectivity index is 1.66. The highest BCUT2D eigenvalue weighted by Crippen LogP contribution is 2.19. The third-order valence-electron chi connectivity index (χ3n) is 3.28. The van der Waals surface area contributed by atoms with Crippen molar-refractivity contribution in [2.45, 2.75) is 20.0 Å². The van der Waals surface area contributed by atoms with E-state index in [-0.39, 0.29) is 12.4 Å². The number of benzene rings is 2. The van der Waals surface area contributed by atoms with Gasteiger partial charge in [0.05, 0.1) is 0 Å². The number of phenolic OH excluding ortho intramolecular Hbond substituents is 1. The first-order valence-corrected chi connectivity index (χ1v) is 7.56. The molecule has 0 spiro atoms. The van der Waals surface area contributed by atoms with Crippen LogP contribution in [0, 0.1) is 6.92 Å². The van der Waals surface area contributed by atoms with Gasteiger partial charge >= 0.3 is 6.09 Å². The molecule has 2 aromatic carbocycles. The summed E-state index contributed by atoms with van der Waals surface area (Å²) >= 11 is 0. The normalized spacial score (nSPS) is 10.7. The fourth-order valence-corrected chi connectivity index (χ4v) is 2.04. The van der Waals surface area contributed by atoms with E-state index in [0.29, 0.717) is 13.0 Å². The van der Waals surface area contributed by atoms with Crippen molar-refractivity contribution in [1.82, 2.24) is 5.32 Å². The molecule has 0 radical (unpaired) electrons. The second-order valence-electron chi connectivity index (χ2n) is 5.24. The highest BCUT2D eigenvalue weighted by molar-refractivity contribution is 5.67. The number of carbonyl (C=O) groups is 1. The summed E-state index contributed by atoms with van der Waals surface area (Å²) in [6, 6.07) is 15.1. The molecule has 1 amide bonds. The van der Waals surface area contributed by atoms with Crippen LogP contribution in [0.1, 0.15) is 23.1 Å². The minimum absolute atomic E-state index is 0.261. The van der Waals surface area contributed by atoms with Crippen molar-refractivity contribution in [3.8, 4) is 5.75 Å². The minimum Gasteiger partial charge on any atom is -0.507 e. The van der Waals surface area contributed by atoms with Crippen molar-refractivity contribution < 1.29 is 14.6 Å². The molecule has 0 heterocycles. The molecule has 23 heavy (non-hydrogen) atoms. The predicted molar refractivity (Wildman–Crippen MR) is 91.1 cm³/mol. The van der Waals surface area contributed by atoms with Crippen LogP contribution in [0.3, 0.4) is 0 Å². The number of alkyl carbamates (subject to hydrolysis) is 1. The van der Waals surface area contributed by atoms with Crippen LogP contribution in [0.2, 0.25) is 0 Å². The molecule has 0 atom stereocenters. The lowest BCUT2D eigenvalue weighted by Gasteiger charge is -2.06. The van der Waals surface area contributed by atoms with Crippen LogP contribution in [-0.4, -0.2) is 17.7 Å². The maximum Gasteiger partial charge on any atom is 0.407 e. The number of carbonyl (C=O) groups excluding carboxylic acids is 1. The number of ether oxygens (including phenoxy) is 1. The summed E-state index contributed by atoms with van der Waals surface area (Å²) in [7, 11) is 0. The molecule has 4 heteroatoms. The molecule has 0 bridgehead atoms. The van der Waals surface area contributed by atoms with E-state index >= 15 is 0 Å². The second-order valence-corrected chi connectivity index (χ2v) is 5.24. The fraction of sp³-hybridized carbons (Fsp3) is 0.211. The van der Waals surface area contributed by atoms with Gasteiger partial charge in [0.25, 0.3) is 0 Å². The van der Waals surface area contributed by atoms with Gasteiger partial charge in [-0.25, -0.2) is 4.79 Å². The maximum absolute atomic E-state index is 11.5. The largest absolute Gasteiger partial charge is 0.507 e. The number of nitrogens with one attached hydrogen (secondary N) is 1. The molecule has 4 nitrogen and oxygen atoms in total. The zero-order valence-corrected chi connectivity index (χ0v) is 13.2. The van der Waals surface area contributed by atoms with Crippen LogP contribution in [0.25, 0.3) is 6.08 Å². The number of hydrogen-bond donors (Lipinski definition) is 2. The summed E-state index contributed by atoms with van der Waals surface area (Å²) in [5, 5.41) is 12.5. The van der Waals surface area contributed by atoms with Crippen molar-refractivity contribution in [3.05, 3.63) is 71.3 Å². The summed E-state index contributed by atoms with van der Waals surface area (Å²) in [6.07, 6.45) is 3.97. The fourth-order valence-electron chi connectivity index (χ4n) is 2.04. The molecule has 0 unspecified atom stereocenters. The molecule has 0 saturated carbocycles. The first-order valence-electron chi connectivity index (χ1n) is 7.56. The number of rotatable bonds is 6. The average molecular weight is 311 g/mol. The number of aromatic hydroxyl groups is 1. The topological polar surface area (TPSA) is 58.6 Å². The second kappa shape index (κ2) is 8.63. The molecule has 0 aliphatic rings. The Morgan fingerprint density at radius 1 is 1.22 bits per heavy atom. The number of hydrogen-bond acceptors (Lipinski definition) is 3. The first kappa shape index (κ1) is 16.6. The standard InChI is InChI=1S/C19H21NO3/c1-15-10-11-17(18(21)13-15)9-5-6-12-20-19(22)23-14-16-7-3-2-4-8-16/h2-5,7-11,13,21H,6,12,14H2,1H3,(H,20,22). The predicted octanol–water partition coefficient (Wildman–Crippen LogP) is 4.03. The Morgan fingerprint density at radius 3 is 2.74 bits per heavy atom. The van der Waals surface area contributed by atoms with Gasteiger partial charge in [-0.3, -0.25) is 0 Å². The Labute approximate surface area is 136 Å². The quantitative estimate of drug-likeness (QED) is 0.792. The van der Waals surface area contributed by atoms with Gasteiger partial charge in [-0.1, -0.05) is 54.6 Å². The Morgan fingerprint density at radius 2 is 2.00 bits per heavy atom. The van der Waals surface area contributed by atoms with Crippen LogP contribution in [0.4, 0.5) is 4.79 Å². The van der Waals surface area contributed by atoms with Crippen LogP contribution in [0.15, 0.2) is 54.6 Å². The summed E-state index contributed by atoms with van der Waals surface area (Å²) in [5.41, 5.74) is 2.74. The van der Waals surface area contributed by atoms with E-state index in [1.807, 2.05) is 61.5 Å². The molecule has 120 valence electrons. The minimum atomic E-state index is -0.430. The third kappa shape index (κ3) is 5.87. The zero-order valence-electron chi connectivity index (χ0n) is 13.2. The van der Waals surface area contributed by atoms with E-state index in [1.54, 1.807) is 6.07 Å². The summed E-state index contributed by atoms with van der Waals surface area (Å²) in [6.45, 7) is 2.68. The molecule has 2 aromatic rings. The molecule has 2 N–H and O–H groups in total. The molecule has 2 rings (SSSR count). The maximum atomic E-state index is 11.5. The third-order valence-corrected chi connectivity index (χ3v) is 3.28. The summed E-state index contributed by atoms with van der Waals surface area (Å²) in [5.74, 6) is 0.261. The van der Waals surface area contributed by atoms with Gasteiger partial charge in [0.15, 0.2) is 0 Å². The molecule has 0 aromatic heterocycles. The van der Waals surface area contributed by atoms with Crippen molar-refractivity contribution in [2.75, 3.05) is 6.54 Å². The van der Waals surface area contributed by atoms with Crippen LogP contribution in [-0.2, 0) is 11.3 Å². The molecule has 0 fully saturated rings. The van der Waals surface area contributed by atoms with E-state index in [4.69, 9.17) is 4.74 Å². The van der Waals surface area contributed by atoms with E-state index in [2.05, 4.69) is 5.32 Å². The van der Waals surface area contributed by atoms with Crippen LogP contribution >= 0.6 is 0 Å². The van der Waals surface area contributed by atoms with E-state index < -0.39 is 6.09 Å². The molecular weight excluding hydrogens is 290 g/mol. The van der Waals surface area contributed by atoms with Crippen LogP contribution < -0.4 is 5.32 Å². The van der Waals surface area contributed by atoms with E-state index in [1.165, 1.54) is 0 Å². The van der Waals surface area contributed by atoms with Gasteiger partial charge in [0.1, 0.15) is 12.4 Å².